The molecule has 17 atom stereocenters. The Labute approximate surface area is 309 Å². The molecule has 0 unspecified atom stereocenters. The zero-order valence-corrected chi connectivity index (χ0v) is 28.8. The largest absolute Gasteiger partial charge is 1.00 e. The van der Waals surface area contributed by atoms with E-state index >= 15 is 0 Å². The van der Waals surface area contributed by atoms with Crippen LogP contribution < -0.4 is 29.6 Å². The van der Waals surface area contributed by atoms with Crippen molar-refractivity contribution >= 4 is 6.29 Å². The number of aldehydes is 1. The summed E-state index contributed by atoms with van der Waals surface area (Å²) < 4.78 is 20.1. The molecule has 0 spiro atoms. The first-order valence-electron chi connectivity index (χ1n) is 14.3. The summed E-state index contributed by atoms with van der Waals surface area (Å²) in [7, 11) is 0. The first-order valence-corrected chi connectivity index (χ1v) is 14.3. The normalized spacial score (nSPS) is 39.6. The van der Waals surface area contributed by atoms with E-state index in [2.05, 4.69) is 4.74 Å². The van der Waals surface area contributed by atoms with Gasteiger partial charge in [-0.1, -0.05) is 0 Å². The summed E-state index contributed by atoms with van der Waals surface area (Å²) in [5, 5.41) is 174. The topological polar surface area (TPSA) is 471 Å². The first kappa shape index (κ1) is 52.3. The number of hydrogen-bond acceptors (Lipinski definition) is 26. The van der Waals surface area contributed by atoms with Gasteiger partial charge in [0.2, 0.25) is 11.6 Å². The van der Waals surface area contributed by atoms with Gasteiger partial charge in [-0.15, -0.1) is 5.34 Å². The average Bonchev–Trinajstić information content (AvgIpc) is 3.50. The number of nitrogens with zero attached hydrogens (tertiary/aromatic N) is 1. The minimum atomic E-state index is -2.22. The third kappa shape index (κ3) is 13.5. The molecule has 51 heavy (non-hydrogen) atoms. The van der Waals surface area contributed by atoms with E-state index in [9.17, 15) is 40.5 Å². The molecular weight excluding hydrogens is 725 g/mol. The van der Waals surface area contributed by atoms with Gasteiger partial charge in [-0.2, -0.15) is 0 Å². The molecular formula is C24H46NNaO25. The second kappa shape index (κ2) is 24.6. The zero-order chi connectivity index (χ0) is 39.1. The quantitative estimate of drug-likeness (QED) is 0.0379. The van der Waals surface area contributed by atoms with E-state index in [0.717, 1.165) is 5.34 Å². The smallest absolute Gasteiger partial charge is 0.444 e. The summed E-state index contributed by atoms with van der Waals surface area (Å²) in [6.45, 7) is -4.44. The van der Waals surface area contributed by atoms with Gasteiger partial charge in [-0.3, -0.25) is 0 Å². The van der Waals surface area contributed by atoms with E-state index in [1.807, 2.05) is 0 Å². The Morgan fingerprint density at radius 3 is 1.53 bits per heavy atom. The van der Waals surface area contributed by atoms with Crippen LogP contribution >= 0.6 is 0 Å². The minimum absolute atomic E-state index is 0. The van der Waals surface area contributed by atoms with Crippen LogP contribution in [-0.2, 0) is 23.7 Å². The predicted octanol–water partition coefficient (Wildman–Crippen LogP) is -14.7. The molecule has 0 bridgehead atoms. The minimum Gasteiger partial charge on any atom is -0.444 e. The molecule has 0 aliphatic carbocycles. The van der Waals surface area contributed by atoms with Crippen LogP contribution in [0.3, 0.4) is 0 Å². The van der Waals surface area contributed by atoms with Gasteiger partial charge in [0, 0.05) is 0 Å². The van der Waals surface area contributed by atoms with Crippen molar-refractivity contribution in [2.45, 2.75) is 103 Å². The van der Waals surface area contributed by atoms with Gasteiger partial charge < -0.3 is 126 Å². The summed E-state index contributed by atoms with van der Waals surface area (Å²) in [5.41, 5.74) is 0. The van der Waals surface area contributed by atoms with Crippen molar-refractivity contribution in [2.24, 2.45) is 5.34 Å². The van der Waals surface area contributed by atoms with Crippen molar-refractivity contribution in [1.29, 1.82) is 0 Å². The van der Waals surface area contributed by atoms with Gasteiger partial charge in [0.25, 0.3) is 0 Å². The summed E-state index contributed by atoms with van der Waals surface area (Å²) in [6, 6.07) is 0. The maximum Gasteiger partial charge on any atom is 1.00 e. The fourth-order valence-corrected chi connectivity index (χ4v) is 4.40. The van der Waals surface area contributed by atoms with Gasteiger partial charge in [-0.05, 0) is 0 Å². The maximum atomic E-state index is 10.00. The Morgan fingerprint density at radius 1 is 0.706 bits per heavy atom. The molecule has 27 heteroatoms. The Morgan fingerprint density at radius 2 is 1.18 bits per heavy atom. The standard InChI is InChI=1S/C12H22O11.2C6H12O6.HNO2.Na/c13-1-4-6(16)8(18)9(19)11(21-4)23-12(3-15)10(20)7(17)5(2-14)22-12;7-1-3-4(9)5(10)6(11,2-8)12-3;7-1-3(9)5(11)6(12)4(10)2-8;2-1-3;/h4-11,13-20H,1-3H2;3-5,7-11H,1-2H2;1,3-6,8-12H,2H2;(H,2,3);/q;;;;+1/p-1/t4-,5-,6-,7-,8+,9-,10+,11-,12+;3-,4-,5+,6-;3-,4+,5+,6+;;/m110../s1. The third-order valence-corrected chi connectivity index (χ3v) is 7.42. The second-order valence-corrected chi connectivity index (χ2v) is 10.8. The summed E-state index contributed by atoms with van der Waals surface area (Å²) in [5.74, 6) is -4.38. The molecule has 26 nitrogen and oxygen atoms in total. The molecule has 3 rings (SSSR count). The third-order valence-electron chi connectivity index (χ3n) is 7.42. The fraction of sp³-hybridized carbons (Fsp3) is 0.958. The molecule has 298 valence electrons. The van der Waals surface area contributed by atoms with Crippen molar-refractivity contribution in [2.75, 3.05) is 39.6 Å². The molecule has 0 amide bonds. The van der Waals surface area contributed by atoms with E-state index in [0.29, 0.717) is 0 Å². The van der Waals surface area contributed by atoms with Crippen LogP contribution in [-0.4, -0.2) is 241 Å². The molecule has 3 saturated heterocycles. The van der Waals surface area contributed by atoms with Gasteiger partial charge >= 0.3 is 29.6 Å². The van der Waals surface area contributed by atoms with Gasteiger partial charge in [0.05, 0.1) is 33.0 Å². The molecule has 3 heterocycles. The molecule has 3 aliphatic heterocycles. The van der Waals surface area contributed by atoms with Gasteiger partial charge in [-0.25, -0.2) is 0 Å². The zero-order valence-electron chi connectivity index (χ0n) is 26.8. The molecule has 0 radical (unpaired) electrons. The average molecular weight is 772 g/mol. The van der Waals surface area contributed by atoms with E-state index in [-0.39, 0.29) is 35.8 Å². The molecule has 0 aromatic heterocycles. The van der Waals surface area contributed by atoms with Crippen LogP contribution in [0, 0.1) is 10.1 Å². The monoisotopic (exact) mass is 771 g/mol. The maximum absolute atomic E-state index is 10.00. The van der Waals surface area contributed by atoms with Crippen LogP contribution in [0.4, 0.5) is 0 Å². The summed E-state index contributed by atoms with van der Waals surface area (Å²) in [6.07, 6.45) is -23.5. The van der Waals surface area contributed by atoms with Crippen LogP contribution in [0.5, 0.6) is 0 Å². The number of carbonyl (C=O) groups excluding carboxylic acids is 1. The Balaban J connectivity index is 0. The van der Waals surface area contributed by atoms with E-state index in [4.69, 9.17) is 80.5 Å². The first-order chi connectivity index (χ1) is 23.3. The van der Waals surface area contributed by atoms with Crippen LogP contribution in [0.2, 0.25) is 0 Å². The van der Waals surface area contributed by atoms with Crippen molar-refractivity contribution in [1.82, 2.24) is 0 Å². The van der Waals surface area contributed by atoms with Crippen molar-refractivity contribution < 1.29 is 145 Å². The fourth-order valence-electron chi connectivity index (χ4n) is 4.40. The molecule has 0 aromatic carbocycles. The summed E-state index contributed by atoms with van der Waals surface area (Å²) >= 11 is 0. The number of rotatable bonds is 12. The number of carbonyl (C=O) groups is 1. The SMILES string of the molecule is O=C[C@H](O)[C@@H](O)[C@H](O)[C@H](O)CO.O=N[O-].OC[C@H]1O[C@@](CO)(O[C@H]2O[C@H](CO)[C@@H](O)[C@H](O)[C@H]2O)[C@@H](O)[C@@H]1O.OC[C@H]1O[C@](O)(CO)[C@@H](O)[C@@H]1O.[Na+]. The van der Waals surface area contributed by atoms with Crippen molar-refractivity contribution in [3.8, 4) is 0 Å². The Kier molecular flexibility index (Phi) is 25.2. The number of aliphatic hydroxyl groups is 18. The van der Waals surface area contributed by atoms with E-state index < -0.39 is 143 Å². The predicted molar refractivity (Wildman–Crippen MR) is 151 cm³/mol. The van der Waals surface area contributed by atoms with Crippen LogP contribution in [0.1, 0.15) is 0 Å². The Hall–Kier alpha value is -0.810. The van der Waals surface area contributed by atoms with Crippen molar-refractivity contribution in [3.63, 3.8) is 0 Å². The summed E-state index contributed by atoms with van der Waals surface area (Å²) in [4.78, 5) is 17.9. The molecule has 3 aliphatic rings. The molecule has 3 fully saturated rings. The van der Waals surface area contributed by atoms with E-state index in [1.54, 1.807) is 0 Å². The number of aliphatic hydroxyl groups excluding tert-OH is 17. The van der Waals surface area contributed by atoms with Crippen molar-refractivity contribution in [3.05, 3.63) is 10.1 Å². The molecule has 18 N–H and O–H groups in total. The number of ether oxygens (including phenoxy) is 4. The van der Waals surface area contributed by atoms with E-state index in [1.165, 1.54) is 0 Å². The van der Waals surface area contributed by atoms with Gasteiger partial charge in [0.1, 0.15) is 92.1 Å². The molecule has 0 saturated carbocycles. The van der Waals surface area contributed by atoms with Crippen LogP contribution in [0.15, 0.2) is 5.34 Å². The number of hydrogen-bond donors (Lipinski definition) is 18. The van der Waals surface area contributed by atoms with Gasteiger partial charge in [0.15, 0.2) is 12.6 Å². The van der Waals surface area contributed by atoms with Crippen LogP contribution in [0.25, 0.3) is 0 Å². The molecule has 0 aromatic rings. The second-order valence-electron chi connectivity index (χ2n) is 10.8. The Bertz CT molecular complexity index is 961.